The SMILES string of the molecule is CCCNc1ncc(F)c(NC(C)(C)C(N)=O)n1. The van der Waals surface area contributed by atoms with Crippen LogP contribution >= 0.6 is 0 Å². The van der Waals surface area contributed by atoms with E-state index in [1.807, 2.05) is 6.92 Å². The van der Waals surface area contributed by atoms with Crippen molar-refractivity contribution < 1.29 is 9.18 Å². The minimum Gasteiger partial charge on any atom is -0.368 e. The Kier molecular flexibility index (Phi) is 4.41. The van der Waals surface area contributed by atoms with Gasteiger partial charge in [-0.3, -0.25) is 4.79 Å². The zero-order valence-corrected chi connectivity index (χ0v) is 10.7. The van der Waals surface area contributed by atoms with E-state index in [1.54, 1.807) is 13.8 Å². The molecule has 0 aliphatic heterocycles. The first-order valence-electron chi connectivity index (χ1n) is 5.71. The summed E-state index contributed by atoms with van der Waals surface area (Å²) >= 11 is 0. The highest BCUT2D eigenvalue weighted by Gasteiger charge is 2.26. The number of halogens is 1. The highest BCUT2D eigenvalue weighted by atomic mass is 19.1. The first kappa shape index (κ1) is 14.1. The molecule has 1 heterocycles. The van der Waals surface area contributed by atoms with Crippen LogP contribution in [0.15, 0.2) is 6.20 Å². The quantitative estimate of drug-likeness (QED) is 0.708. The van der Waals surface area contributed by atoms with Crippen LogP contribution in [0.1, 0.15) is 27.2 Å². The van der Waals surface area contributed by atoms with Crippen molar-refractivity contribution in [3.8, 4) is 0 Å². The summed E-state index contributed by atoms with van der Waals surface area (Å²) in [5.74, 6) is -0.969. The number of amides is 1. The molecule has 0 unspecified atom stereocenters. The maximum absolute atomic E-state index is 13.5. The topological polar surface area (TPSA) is 92.9 Å². The van der Waals surface area contributed by atoms with E-state index < -0.39 is 17.3 Å². The van der Waals surface area contributed by atoms with Gasteiger partial charge in [0, 0.05) is 6.54 Å². The van der Waals surface area contributed by atoms with Crippen LogP contribution in [0.3, 0.4) is 0 Å². The van der Waals surface area contributed by atoms with Crippen LogP contribution in [0.5, 0.6) is 0 Å². The third-order valence-corrected chi connectivity index (χ3v) is 2.32. The number of carbonyl (C=O) groups is 1. The van der Waals surface area contributed by atoms with Crippen molar-refractivity contribution >= 4 is 17.7 Å². The predicted octanol–water partition coefficient (Wildman–Crippen LogP) is 1.11. The zero-order valence-electron chi connectivity index (χ0n) is 10.7. The second-order valence-electron chi connectivity index (χ2n) is 4.43. The van der Waals surface area contributed by atoms with E-state index in [-0.39, 0.29) is 5.82 Å². The van der Waals surface area contributed by atoms with Gasteiger partial charge < -0.3 is 16.4 Å². The molecule has 0 saturated heterocycles. The van der Waals surface area contributed by atoms with E-state index in [0.717, 1.165) is 12.6 Å². The van der Waals surface area contributed by atoms with Crippen molar-refractivity contribution in [1.82, 2.24) is 9.97 Å². The molecule has 1 rings (SSSR count). The van der Waals surface area contributed by atoms with Crippen LogP contribution < -0.4 is 16.4 Å². The number of nitrogens with two attached hydrogens (primary N) is 1. The predicted molar refractivity (Wildman–Crippen MR) is 67.7 cm³/mol. The molecule has 100 valence electrons. The Morgan fingerprint density at radius 3 is 2.78 bits per heavy atom. The number of hydrogen-bond donors (Lipinski definition) is 3. The molecule has 0 bridgehead atoms. The van der Waals surface area contributed by atoms with Crippen molar-refractivity contribution in [2.45, 2.75) is 32.7 Å². The van der Waals surface area contributed by atoms with Gasteiger partial charge in [-0.1, -0.05) is 6.92 Å². The lowest BCUT2D eigenvalue weighted by Gasteiger charge is -2.23. The molecule has 1 aromatic rings. The van der Waals surface area contributed by atoms with Crippen LogP contribution in [-0.4, -0.2) is 28.0 Å². The molecule has 0 aromatic carbocycles. The summed E-state index contributed by atoms with van der Waals surface area (Å²) in [4.78, 5) is 18.9. The van der Waals surface area contributed by atoms with Gasteiger partial charge in [-0.2, -0.15) is 4.98 Å². The lowest BCUT2D eigenvalue weighted by atomic mass is 10.1. The van der Waals surface area contributed by atoms with E-state index >= 15 is 0 Å². The fourth-order valence-electron chi connectivity index (χ4n) is 1.13. The molecule has 18 heavy (non-hydrogen) atoms. The maximum Gasteiger partial charge on any atom is 0.242 e. The number of primary amides is 1. The average Bonchev–Trinajstić information content (AvgIpc) is 2.29. The standard InChI is InChI=1S/C11H18FN5O/c1-4-5-14-10-15-6-7(12)8(16-10)17-11(2,3)9(13)18/h6H,4-5H2,1-3H3,(H2,13,18)(H2,14,15,16,17). The minimum absolute atomic E-state index is 0.0487. The van der Waals surface area contributed by atoms with Gasteiger partial charge in [0.1, 0.15) is 5.54 Å². The lowest BCUT2D eigenvalue weighted by molar-refractivity contribution is -0.121. The number of anilines is 2. The Morgan fingerprint density at radius 1 is 1.56 bits per heavy atom. The van der Waals surface area contributed by atoms with Gasteiger partial charge in [-0.05, 0) is 20.3 Å². The molecular formula is C11H18FN5O. The van der Waals surface area contributed by atoms with E-state index in [1.165, 1.54) is 0 Å². The molecule has 0 saturated carbocycles. The van der Waals surface area contributed by atoms with Gasteiger partial charge in [0.15, 0.2) is 11.6 Å². The highest BCUT2D eigenvalue weighted by molar-refractivity contribution is 5.86. The van der Waals surface area contributed by atoms with Crippen molar-refractivity contribution in [3.05, 3.63) is 12.0 Å². The molecule has 7 heteroatoms. The monoisotopic (exact) mass is 255 g/mol. The molecule has 6 nitrogen and oxygen atoms in total. The second-order valence-corrected chi connectivity index (χ2v) is 4.43. The summed E-state index contributed by atoms with van der Waals surface area (Å²) in [7, 11) is 0. The Bertz CT molecular complexity index is 435. The molecule has 4 N–H and O–H groups in total. The third-order valence-electron chi connectivity index (χ3n) is 2.32. The summed E-state index contributed by atoms with van der Waals surface area (Å²) < 4.78 is 13.5. The molecule has 1 aromatic heterocycles. The van der Waals surface area contributed by atoms with Crippen molar-refractivity contribution in [2.24, 2.45) is 5.73 Å². The van der Waals surface area contributed by atoms with Gasteiger partial charge in [-0.15, -0.1) is 0 Å². The second kappa shape index (κ2) is 5.61. The number of carbonyl (C=O) groups excluding carboxylic acids is 1. The highest BCUT2D eigenvalue weighted by Crippen LogP contribution is 2.17. The fraction of sp³-hybridized carbons (Fsp3) is 0.545. The molecule has 0 aliphatic carbocycles. The Morgan fingerprint density at radius 2 is 2.22 bits per heavy atom. The zero-order chi connectivity index (χ0) is 13.8. The molecular weight excluding hydrogens is 237 g/mol. The first-order valence-corrected chi connectivity index (χ1v) is 5.71. The third kappa shape index (κ3) is 3.54. The molecule has 0 aliphatic rings. The van der Waals surface area contributed by atoms with E-state index in [4.69, 9.17) is 5.73 Å². The van der Waals surface area contributed by atoms with Crippen molar-refractivity contribution in [1.29, 1.82) is 0 Å². The van der Waals surface area contributed by atoms with E-state index in [2.05, 4.69) is 20.6 Å². The Labute approximate surface area is 105 Å². The van der Waals surface area contributed by atoms with Gasteiger partial charge in [-0.25, -0.2) is 9.37 Å². The Balaban J connectivity index is 2.90. The Hall–Kier alpha value is -1.92. The van der Waals surface area contributed by atoms with Gasteiger partial charge in [0.25, 0.3) is 0 Å². The number of aromatic nitrogens is 2. The summed E-state index contributed by atoms with van der Waals surface area (Å²) in [5, 5.41) is 5.59. The molecule has 0 spiro atoms. The molecule has 0 atom stereocenters. The summed E-state index contributed by atoms with van der Waals surface area (Å²) in [6.45, 7) is 5.78. The van der Waals surface area contributed by atoms with Crippen LogP contribution in [0, 0.1) is 5.82 Å². The smallest absolute Gasteiger partial charge is 0.242 e. The molecule has 0 radical (unpaired) electrons. The van der Waals surface area contributed by atoms with Gasteiger partial charge in [0.05, 0.1) is 6.20 Å². The summed E-state index contributed by atoms with van der Waals surface area (Å²) in [6, 6.07) is 0. The summed E-state index contributed by atoms with van der Waals surface area (Å²) in [5.41, 5.74) is 4.12. The van der Waals surface area contributed by atoms with Gasteiger partial charge >= 0.3 is 0 Å². The van der Waals surface area contributed by atoms with Gasteiger partial charge in [0.2, 0.25) is 11.9 Å². The number of hydrogen-bond acceptors (Lipinski definition) is 5. The maximum atomic E-state index is 13.5. The summed E-state index contributed by atoms with van der Waals surface area (Å²) in [6.07, 6.45) is 1.95. The van der Waals surface area contributed by atoms with E-state index in [9.17, 15) is 9.18 Å². The largest absolute Gasteiger partial charge is 0.368 e. The normalized spacial score (nSPS) is 11.1. The molecule has 0 fully saturated rings. The average molecular weight is 255 g/mol. The van der Waals surface area contributed by atoms with Crippen LogP contribution in [0.4, 0.5) is 16.2 Å². The number of rotatable bonds is 6. The number of nitrogens with one attached hydrogen (secondary N) is 2. The van der Waals surface area contributed by atoms with Crippen LogP contribution in [0.2, 0.25) is 0 Å². The lowest BCUT2D eigenvalue weighted by Crippen LogP contribution is -2.45. The van der Waals surface area contributed by atoms with E-state index in [0.29, 0.717) is 12.5 Å². The van der Waals surface area contributed by atoms with Crippen molar-refractivity contribution in [2.75, 3.05) is 17.2 Å². The number of nitrogens with zero attached hydrogens (tertiary/aromatic N) is 2. The first-order chi connectivity index (χ1) is 8.36. The van der Waals surface area contributed by atoms with Crippen LogP contribution in [-0.2, 0) is 4.79 Å². The fourth-order valence-corrected chi connectivity index (χ4v) is 1.13. The minimum atomic E-state index is -1.09. The molecule has 1 amide bonds. The van der Waals surface area contributed by atoms with Crippen molar-refractivity contribution in [3.63, 3.8) is 0 Å². The van der Waals surface area contributed by atoms with Crippen LogP contribution in [0.25, 0.3) is 0 Å².